The maximum atomic E-state index is 12.5. The molecule has 3 amide bonds. The second-order valence-corrected chi connectivity index (χ2v) is 6.10. The van der Waals surface area contributed by atoms with Gasteiger partial charge in [0, 0.05) is 38.5 Å². The molecule has 0 unspecified atom stereocenters. The van der Waals surface area contributed by atoms with Crippen molar-refractivity contribution < 1.29 is 14.4 Å². The Bertz CT molecular complexity index is 416. The number of hydrogen-bond donors (Lipinski definition) is 1. The molecule has 6 nitrogen and oxygen atoms in total. The van der Waals surface area contributed by atoms with Crippen molar-refractivity contribution in [1.82, 2.24) is 9.80 Å². The summed E-state index contributed by atoms with van der Waals surface area (Å²) in [6, 6.07) is 0. The molecule has 0 saturated carbocycles. The topological polar surface area (TPSA) is 83.7 Å². The molecule has 2 aliphatic rings. The zero-order valence-corrected chi connectivity index (χ0v) is 12.7. The molecule has 2 saturated heterocycles. The Morgan fingerprint density at radius 1 is 1.24 bits per heavy atom. The molecule has 0 aliphatic carbocycles. The Morgan fingerprint density at radius 2 is 1.90 bits per heavy atom. The molecule has 0 bridgehead atoms. The molecule has 2 heterocycles. The maximum absolute atomic E-state index is 12.5. The van der Waals surface area contributed by atoms with Gasteiger partial charge in [0.05, 0.1) is 5.92 Å². The molecular formula is C15H25N3O3. The average Bonchev–Trinajstić information content (AvgIpc) is 2.85. The van der Waals surface area contributed by atoms with Crippen LogP contribution in [-0.4, -0.2) is 53.7 Å². The first-order valence-corrected chi connectivity index (χ1v) is 7.88. The molecule has 0 aromatic heterocycles. The van der Waals surface area contributed by atoms with E-state index in [0.717, 1.165) is 19.4 Å². The number of likely N-dealkylation sites (tertiary alicyclic amines) is 2. The van der Waals surface area contributed by atoms with Crippen LogP contribution in [0.3, 0.4) is 0 Å². The minimum atomic E-state index is -0.274. The number of hydrogen-bond acceptors (Lipinski definition) is 3. The van der Waals surface area contributed by atoms with Crippen LogP contribution in [0.1, 0.15) is 39.0 Å². The molecule has 2 N–H and O–H groups in total. The van der Waals surface area contributed by atoms with Crippen molar-refractivity contribution in [1.29, 1.82) is 0 Å². The highest BCUT2D eigenvalue weighted by atomic mass is 16.2. The highest BCUT2D eigenvalue weighted by Crippen LogP contribution is 2.24. The SMILES string of the molecule is CCCCN1C[C@H](C(=O)N2CCC(C(N)=O)CC2)CC1=O. The normalized spacial score (nSPS) is 23.7. The molecule has 6 heteroatoms. The molecule has 2 fully saturated rings. The lowest BCUT2D eigenvalue weighted by Gasteiger charge is -2.32. The zero-order valence-electron chi connectivity index (χ0n) is 12.7. The van der Waals surface area contributed by atoms with E-state index in [1.165, 1.54) is 0 Å². The summed E-state index contributed by atoms with van der Waals surface area (Å²) in [4.78, 5) is 39.1. The van der Waals surface area contributed by atoms with Crippen LogP contribution >= 0.6 is 0 Å². The smallest absolute Gasteiger partial charge is 0.227 e. The van der Waals surface area contributed by atoms with Crippen molar-refractivity contribution in [2.24, 2.45) is 17.6 Å². The van der Waals surface area contributed by atoms with Gasteiger partial charge in [0.25, 0.3) is 0 Å². The first-order valence-electron chi connectivity index (χ1n) is 7.88. The third kappa shape index (κ3) is 3.74. The summed E-state index contributed by atoms with van der Waals surface area (Å²) >= 11 is 0. The second kappa shape index (κ2) is 6.91. The van der Waals surface area contributed by atoms with Crippen molar-refractivity contribution in [3.05, 3.63) is 0 Å². The molecule has 2 rings (SSSR count). The first-order chi connectivity index (χ1) is 10.0. The number of piperidine rings is 1. The second-order valence-electron chi connectivity index (χ2n) is 6.10. The molecule has 0 spiro atoms. The van der Waals surface area contributed by atoms with E-state index in [1.54, 1.807) is 4.90 Å². The van der Waals surface area contributed by atoms with E-state index in [1.807, 2.05) is 4.90 Å². The first kappa shape index (κ1) is 15.8. The Hall–Kier alpha value is -1.59. The van der Waals surface area contributed by atoms with Crippen LogP contribution in [-0.2, 0) is 14.4 Å². The minimum absolute atomic E-state index is 0.0604. The number of nitrogens with two attached hydrogens (primary N) is 1. The summed E-state index contributed by atoms with van der Waals surface area (Å²) in [5, 5.41) is 0. The number of primary amides is 1. The highest BCUT2D eigenvalue weighted by Gasteiger charge is 2.37. The molecule has 2 aliphatic heterocycles. The molecule has 118 valence electrons. The summed E-state index contributed by atoms with van der Waals surface area (Å²) in [5.41, 5.74) is 5.30. The molecule has 0 aromatic rings. The van der Waals surface area contributed by atoms with E-state index in [2.05, 4.69) is 6.92 Å². The van der Waals surface area contributed by atoms with Gasteiger partial charge in [-0.25, -0.2) is 0 Å². The van der Waals surface area contributed by atoms with Crippen LogP contribution < -0.4 is 5.73 Å². The number of amides is 3. The lowest BCUT2D eigenvalue weighted by molar-refractivity contribution is -0.138. The average molecular weight is 295 g/mol. The lowest BCUT2D eigenvalue weighted by atomic mass is 9.95. The molecule has 21 heavy (non-hydrogen) atoms. The van der Waals surface area contributed by atoms with Gasteiger partial charge in [-0.2, -0.15) is 0 Å². The van der Waals surface area contributed by atoms with Crippen molar-refractivity contribution >= 4 is 17.7 Å². The predicted octanol–water partition coefficient (Wildman–Crippen LogP) is 0.359. The van der Waals surface area contributed by atoms with Crippen LogP contribution in [0.2, 0.25) is 0 Å². The van der Waals surface area contributed by atoms with Crippen molar-refractivity contribution in [2.75, 3.05) is 26.2 Å². The Balaban J connectivity index is 1.84. The standard InChI is InChI=1S/C15H25N3O3/c1-2-3-6-18-10-12(9-13(18)19)15(21)17-7-4-11(5-8-17)14(16)20/h11-12H,2-10H2,1H3,(H2,16,20)/t12-/m1/s1. The largest absolute Gasteiger partial charge is 0.369 e. The number of rotatable bonds is 5. The van der Waals surface area contributed by atoms with E-state index in [4.69, 9.17) is 5.73 Å². The van der Waals surface area contributed by atoms with Gasteiger partial charge in [-0.05, 0) is 19.3 Å². The zero-order chi connectivity index (χ0) is 15.4. The fourth-order valence-electron chi connectivity index (χ4n) is 3.15. The van der Waals surface area contributed by atoms with Gasteiger partial charge in [-0.15, -0.1) is 0 Å². The van der Waals surface area contributed by atoms with Crippen LogP contribution in [0, 0.1) is 11.8 Å². The summed E-state index contributed by atoms with van der Waals surface area (Å²) in [6.45, 7) is 4.54. The fraction of sp³-hybridized carbons (Fsp3) is 0.800. The minimum Gasteiger partial charge on any atom is -0.369 e. The van der Waals surface area contributed by atoms with Crippen LogP contribution in [0.25, 0.3) is 0 Å². The van der Waals surface area contributed by atoms with Crippen molar-refractivity contribution in [3.63, 3.8) is 0 Å². The van der Waals surface area contributed by atoms with Gasteiger partial charge in [0.2, 0.25) is 17.7 Å². The monoisotopic (exact) mass is 295 g/mol. The van der Waals surface area contributed by atoms with Gasteiger partial charge >= 0.3 is 0 Å². The summed E-state index contributed by atoms with van der Waals surface area (Å²) in [7, 11) is 0. The quantitative estimate of drug-likeness (QED) is 0.795. The predicted molar refractivity (Wildman–Crippen MR) is 78.1 cm³/mol. The van der Waals surface area contributed by atoms with E-state index in [0.29, 0.717) is 38.9 Å². The van der Waals surface area contributed by atoms with E-state index < -0.39 is 0 Å². The van der Waals surface area contributed by atoms with Crippen LogP contribution in [0.5, 0.6) is 0 Å². The fourth-order valence-corrected chi connectivity index (χ4v) is 3.15. The van der Waals surface area contributed by atoms with Crippen LogP contribution in [0.15, 0.2) is 0 Å². The summed E-state index contributed by atoms with van der Waals surface area (Å²) in [6.07, 6.45) is 3.64. The number of unbranched alkanes of at least 4 members (excludes halogenated alkanes) is 1. The van der Waals surface area contributed by atoms with Gasteiger partial charge < -0.3 is 15.5 Å². The molecule has 0 radical (unpaired) electrons. The molecular weight excluding hydrogens is 270 g/mol. The molecule has 0 aromatic carbocycles. The summed E-state index contributed by atoms with van der Waals surface area (Å²) in [5.74, 6) is -0.442. The van der Waals surface area contributed by atoms with Crippen molar-refractivity contribution in [3.8, 4) is 0 Å². The van der Waals surface area contributed by atoms with Gasteiger partial charge in [0.15, 0.2) is 0 Å². The van der Waals surface area contributed by atoms with Gasteiger partial charge in [0.1, 0.15) is 0 Å². The lowest BCUT2D eigenvalue weighted by Crippen LogP contribution is -2.44. The number of carbonyl (C=O) groups excluding carboxylic acids is 3. The van der Waals surface area contributed by atoms with Gasteiger partial charge in [-0.3, -0.25) is 14.4 Å². The third-order valence-electron chi connectivity index (χ3n) is 4.55. The van der Waals surface area contributed by atoms with E-state index >= 15 is 0 Å². The number of carbonyl (C=O) groups is 3. The Labute approximate surface area is 125 Å². The maximum Gasteiger partial charge on any atom is 0.227 e. The van der Waals surface area contributed by atoms with E-state index in [9.17, 15) is 14.4 Å². The van der Waals surface area contributed by atoms with E-state index in [-0.39, 0.29) is 29.6 Å². The molecule has 1 atom stereocenters. The highest BCUT2D eigenvalue weighted by molar-refractivity contribution is 5.89. The third-order valence-corrected chi connectivity index (χ3v) is 4.55. The summed E-state index contributed by atoms with van der Waals surface area (Å²) < 4.78 is 0. The Kier molecular flexibility index (Phi) is 5.20. The number of nitrogens with zero attached hydrogens (tertiary/aromatic N) is 2. The van der Waals surface area contributed by atoms with Gasteiger partial charge in [-0.1, -0.05) is 13.3 Å². The van der Waals surface area contributed by atoms with Crippen LogP contribution in [0.4, 0.5) is 0 Å². The van der Waals surface area contributed by atoms with Crippen molar-refractivity contribution in [2.45, 2.75) is 39.0 Å². The Morgan fingerprint density at radius 3 is 2.48 bits per heavy atom.